The van der Waals surface area contributed by atoms with E-state index >= 15 is 0 Å². The summed E-state index contributed by atoms with van der Waals surface area (Å²) in [5.41, 5.74) is 0. The van der Waals surface area contributed by atoms with Crippen LogP contribution >= 0.6 is 0 Å². The molecule has 98 valence electrons. The smallest absolute Gasteiger partial charge is 0.323 e. The predicted molar refractivity (Wildman–Crippen MR) is 63.8 cm³/mol. The van der Waals surface area contributed by atoms with E-state index in [1.54, 1.807) is 7.11 Å². The van der Waals surface area contributed by atoms with E-state index in [0.717, 1.165) is 38.9 Å². The molecule has 0 amide bonds. The molecule has 0 radical (unpaired) electrons. The van der Waals surface area contributed by atoms with Crippen LogP contribution in [0.5, 0.6) is 0 Å². The Kier molecular flexibility index (Phi) is 4.36. The molecule has 2 aliphatic rings. The van der Waals surface area contributed by atoms with Gasteiger partial charge in [0.15, 0.2) is 0 Å². The largest absolute Gasteiger partial charge is 0.461 e. The summed E-state index contributed by atoms with van der Waals surface area (Å²) in [6.45, 7) is 2.76. The molecule has 5 heteroatoms. The third-order valence-corrected chi connectivity index (χ3v) is 3.66. The van der Waals surface area contributed by atoms with Crippen molar-refractivity contribution in [2.75, 3.05) is 33.8 Å². The molecule has 0 bridgehead atoms. The van der Waals surface area contributed by atoms with E-state index < -0.39 is 0 Å². The van der Waals surface area contributed by atoms with Gasteiger partial charge in [0.1, 0.15) is 12.1 Å². The zero-order valence-corrected chi connectivity index (χ0v) is 10.6. The maximum Gasteiger partial charge on any atom is 0.323 e. The van der Waals surface area contributed by atoms with Gasteiger partial charge in [-0.2, -0.15) is 0 Å². The van der Waals surface area contributed by atoms with Gasteiger partial charge in [-0.1, -0.05) is 0 Å². The van der Waals surface area contributed by atoms with Crippen molar-refractivity contribution >= 4 is 5.97 Å². The molecule has 2 fully saturated rings. The number of piperidine rings is 1. The van der Waals surface area contributed by atoms with Crippen LogP contribution in [-0.2, 0) is 14.3 Å². The summed E-state index contributed by atoms with van der Waals surface area (Å²) in [7, 11) is 3.77. The lowest BCUT2D eigenvalue weighted by molar-refractivity contribution is -0.153. The maximum atomic E-state index is 11.9. The summed E-state index contributed by atoms with van der Waals surface area (Å²) in [5, 5.41) is 3.15. The van der Waals surface area contributed by atoms with Crippen LogP contribution in [-0.4, -0.2) is 62.9 Å². The Bertz CT molecular complexity index is 264. The zero-order chi connectivity index (χ0) is 12.3. The molecule has 2 atom stereocenters. The number of ether oxygens (including phenoxy) is 2. The summed E-state index contributed by atoms with van der Waals surface area (Å²) in [6, 6.07) is -0.181. The second kappa shape index (κ2) is 5.80. The van der Waals surface area contributed by atoms with Crippen LogP contribution in [0.3, 0.4) is 0 Å². The Hall–Kier alpha value is -0.650. The van der Waals surface area contributed by atoms with E-state index in [-0.39, 0.29) is 24.2 Å². The van der Waals surface area contributed by atoms with Crippen LogP contribution in [0.15, 0.2) is 0 Å². The van der Waals surface area contributed by atoms with Gasteiger partial charge in [0, 0.05) is 33.2 Å². The van der Waals surface area contributed by atoms with E-state index in [2.05, 4.69) is 17.3 Å². The van der Waals surface area contributed by atoms with Crippen molar-refractivity contribution in [3.05, 3.63) is 0 Å². The first-order valence-electron chi connectivity index (χ1n) is 6.34. The number of nitrogens with zero attached hydrogens (tertiary/aromatic N) is 1. The molecular formula is C12H22N2O3. The monoisotopic (exact) mass is 242 g/mol. The minimum absolute atomic E-state index is 0.0992. The fraction of sp³-hybridized carbons (Fsp3) is 0.917. The fourth-order valence-corrected chi connectivity index (χ4v) is 2.41. The molecule has 2 aliphatic heterocycles. The third-order valence-electron chi connectivity index (χ3n) is 3.66. The molecule has 1 N–H and O–H groups in total. The van der Waals surface area contributed by atoms with Crippen LogP contribution in [0.4, 0.5) is 0 Å². The third kappa shape index (κ3) is 3.40. The minimum atomic E-state index is -0.181. The SMILES string of the molecule is COC1CNC(C(=O)OC2CCN(C)CC2)C1. The first-order chi connectivity index (χ1) is 8.19. The van der Waals surface area contributed by atoms with Crippen molar-refractivity contribution in [1.82, 2.24) is 10.2 Å². The van der Waals surface area contributed by atoms with E-state index in [1.807, 2.05) is 0 Å². The van der Waals surface area contributed by atoms with Crippen molar-refractivity contribution in [3.63, 3.8) is 0 Å². The zero-order valence-electron chi connectivity index (χ0n) is 10.6. The van der Waals surface area contributed by atoms with Crippen molar-refractivity contribution < 1.29 is 14.3 Å². The molecular weight excluding hydrogens is 220 g/mol. The molecule has 0 spiro atoms. The maximum absolute atomic E-state index is 11.9. The first-order valence-corrected chi connectivity index (χ1v) is 6.34. The number of hydrogen-bond donors (Lipinski definition) is 1. The van der Waals surface area contributed by atoms with Crippen LogP contribution in [0.2, 0.25) is 0 Å². The molecule has 0 aromatic carbocycles. The first kappa shape index (κ1) is 12.8. The van der Waals surface area contributed by atoms with Crippen LogP contribution in [0.1, 0.15) is 19.3 Å². The topological polar surface area (TPSA) is 50.8 Å². The molecule has 2 unspecified atom stereocenters. The summed E-state index contributed by atoms with van der Waals surface area (Å²) in [4.78, 5) is 14.2. The number of hydrogen-bond acceptors (Lipinski definition) is 5. The number of rotatable bonds is 3. The Labute approximate surface area is 102 Å². The van der Waals surface area contributed by atoms with Gasteiger partial charge in [-0.25, -0.2) is 0 Å². The Morgan fingerprint density at radius 3 is 2.59 bits per heavy atom. The van der Waals surface area contributed by atoms with E-state index in [1.165, 1.54) is 0 Å². The van der Waals surface area contributed by atoms with Gasteiger partial charge in [0.2, 0.25) is 0 Å². The lowest BCUT2D eigenvalue weighted by Crippen LogP contribution is -2.39. The Morgan fingerprint density at radius 1 is 1.29 bits per heavy atom. The lowest BCUT2D eigenvalue weighted by Gasteiger charge is -2.29. The Morgan fingerprint density at radius 2 is 2.00 bits per heavy atom. The Balaban J connectivity index is 1.74. The highest BCUT2D eigenvalue weighted by atomic mass is 16.5. The summed E-state index contributed by atoms with van der Waals surface area (Å²) in [5.74, 6) is -0.112. The summed E-state index contributed by atoms with van der Waals surface area (Å²) in [6.07, 6.45) is 2.86. The molecule has 0 aliphatic carbocycles. The minimum Gasteiger partial charge on any atom is -0.461 e. The molecule has 17 heavy (non-hydrogen) atoms. The van der Waals surface area contributed by atoms with Gasteiger partial charge in [-0.05, 0) is 19.9 Å². The number of esters is 1. The van der Waals surface area contributed by atoms with Gasteiger partial charge in [0.25, 0.3) is 0 Å². The predicted octanol–water partition coefficient (Wildman–Crippen LogP) is 0.000700. The van der Waals surface area contributed by atoms with Gasteiger partial charge < -0.3 is 19.7 Å². The van der Waals surface area contributed by atoms with Crippen LogP contribution in [0.25, 0.3) is 0 Å². The summed E-state index contributed by atoms with van der Waals surface area (Å²) >= 11 is 0. The lowest BCUT2D eigenvalue weighted by atomic mass is 10.1. The van der Waals surface area contributed by atoms with Gasteiger partial charge in [-0.3, -0.25) is 4.79 Å². The second-order valence-corrected chi connectivity index (χ2v) is 4.99. The highest BCUT2D eigenvalue weighted by molar-refractivity contribution is 5.76. The molecule has 2 saturated heterocycles. The van der Waals surface area contributed by atoms with Crippen molar-refractivity contribution in [3.8, 4) is 0 Å². The average Bonchev–Trinajstić information content (AvgIpc) is 2.81. The highest BCUT2D eigenvalue weighted by Gasteiger charge is 2.32. The van der Waals surface area contributed by atoms with Crippen molar-refractivity contribution in [1.29, 1.82) is 0 Å². The van der Waals surface area contributed by atoms with E-state index in [9.17, 15) is 4.79 Å². The van der Waals surface area contributed by atoms with E-state index in [0.29, 0.717) is 0 Å². The molecule has 0 aromatic rings. The molecule has 0 saturated carbocycles. The summed E-state index contributed by atoms with van der Waals surface area (Å²) < 4.78 is 10.8. The van der Waals surface area contributed by atoms with Crippen molar-refractivity contribution in [2.24, 2.45) is 0 Å². The van der Waals surface area contributed by atoms with Crippen LogP contribution in [0, 0.1) is 0 Å². The van der Waals surface area contributed by atoms with Crippen LogP contribution < -0.4 is 5.32 Å². The molecule has 0 aromatic heterocycles. The number of carbonyl (C=O) groups excluding carboxylic acids is 1. The van der Waals surface area contributed by atoms with Gasteiger partial charge in [0.05, 0.1) is 6.10 Å². The normalized spacial score (nSPS) is 31.6. The van der Waals surface area contributed by atoms with Crippen molar-refractivity contribution in [2.45, 2.75) is 37.5 Å². The fourth-order valence-electron chi connectivity index (χ4n) is 2.41. The van der Waals surface area contributed by atoms with Gasteiger partial charge in [-0.15, -0.1) is 0 Å². The van der Waals surface area contributed by atoms with E-state index in [4.69, 9.17) is 9.47 Å². The molecule has 5 nitrogen and oxygen atoms in total. The quantitative estimate of drug-likeness (QED) is 0.706. The molecule has 2 rings (SSSR count). The number of carbonyl (C=O) groups is 1. The number of likely N-dealkylation sites (tertiary alicyclic amines) is 1. The highest BCUT2D eigenvalue weighted by Crippen LogP contribution is 2.16. The number of methoxy groups -OCH3 is 1. The molecule has 2 heterocycles. The number of nitrogens with one attached hydrogen (secondary N) is 1. The average molecular weight is 242 g/mol. The van der Waals surface area contributed by atoms with Gasteiger partial charge >= 0.3 is 5.97 Å². The second-order valence-electron chi connectivity index (χ2n) is 4.99. The standard InChI is InChI=1S/C12H22N2O3/c1-14-5-3-9(4-6-14)17-12(15)11-7-10(16-2)8-13-11/h9-11,13H,3-8H2,1-2H3.